The molecular formula is C17H20FN3O3. The van der Waals surface area contributed by atoms with Crippen LogP contribution < -0.4 is 10.1 Å². The molecule has 3 atom stereocenters. The van der Waals surface area contributed by atoms with Crippen LogP contribution in [0.1, 0.15) is 29.9 Å². The standard InChI is InChI=1S/C17H20FN3O3/c18-12-4-6-13(7-5-12)24-14-3-1-2-11(15(14)22)10-21-17(23)16-19-8-9-20-16/h4-9,11,14-15,22H,1-3,10H2,(H,19,20)(H,21,23)/t11-,14-,15-/m1/s1. The number of carbonyl (C=O) groups is 1. The van der Waals surface area contributed by atoms with Crippen molar-refractivity contribution in [2.24, 2.45) is 5.92 Å². The summed E-state index contributed by atoms with van der Waals surface area (Å²) in [7, 11) is 0. The number of hydrogen-bond donors (Lipinski definition) is 3. The summed E-state index contributed by atoms with van der Waals surface area (Å²) in [4.78, 5) is 18.5. The summed E-state index contributed by atoms with van der Waals surface area (Å²) in [6.45, 7) is 0.351. The fourth-order valence-electron chi connectivity index (χ4n) is 2.96. The second-order valence-corrected chi connectivity index (χ2v) is 5.94. The minimum atomic E-state index is -0.694. The van der Waals surface area contributed by atoms with E-state index in [2.05, 4.69) is 15.3 Å². The van der Waals surface area contributed by atoms with E-state index in [0.29, 0.717) is 12.3 Å². The Balaban J connectivity index is 1.55. The maximum atomic E-state index is 12.9. The quantitative estimate of drug-likeness (QED) is 0.780. The molecule has 1 aliphatic carbocycles. The number of aromatic nitrogens is 2. The topological polar surface area (TPSA) is 87.2 Å². The number of aromatic amines is 1. The second-order valence-electron chi connectivity index (χ2n) is 5.94. The van der Waals surface area contributed by atoms with Crippen molar-refractivity contribution in [1.82, 2.24) is 15.3 Å². The van der Waals surface area contributed by atoms with Crippen LogP contribution in [0, 0.1) is 11.7 Å². The number of benzene rings is 1. The van der Waals surface area contributed by atoms with Gasteiger partial charge in [0.05, 0.1) is 6.10 Å². The summed E-state index contributed by atoms with van der Waals surface area (Å²) in [6.07, 6.45) is 4.46. The molecule has 1 aliphatic rings. The molecule has 6 nitrogen and oxygen atoms in total. The van der Waals surface area contributed by atoms with Crippen LogP contribution in [-0.4, -0.2) is 39.7 Å². The molecule has 0 saturated heterocycles. The molecule has 0 aliphatic heterocycles. The molecule has 2 aromatic rings. The predicted molar refractivity (Wildman–Crippen MR) is 85.1 cm³/mol. The Kier molecular flexibility index (Phi) is 5.10. The molecule has 128 valence electrons. The van der Waals surface area contributed by atoms with Crippen molar-refractivity contribution in [3.8, 4) is 5.75 Å². The molecule has 0 unspecified atom stereocenters. The fourth-order valence-corrected chi connectivity index (χ4v) is 2.96. The van der Waals surface area contributed by atoms with E-state index in [1.54, 1.807) is 18.3 Å². The first kappa shape index (κ1) is 16.4. The number of hydrogen-bond acceptors (Lipinski definition) is 4. The van der Waals surface area contributed by atoms with Crippen LogP contribution in [0.3, 0.4) is 0 Å². The molecule has 0 bridgehead atoms. The Bertz CT molecular complexity index is 660. The Hall–Kier alpha value is -2.41. The van der Waals surface area contributed by atoms with Crippen LogP contribution in [0.4, 0.5) is 4.39 Å². The highest BCUT2D eigenvalue weighted by Gasteiger charge is 2.33. The minimum absolute atomic E-state index is 0.0943. The van der Waals surface area contributed by atoms with Crippen molar-refractivity contribution in [3.05, 3.63) is 48.3 Å². The third-order valence-electron chi connectivity index (χ3n) is 4.27. The number of halogens is 1. The van der Waals surface area contributed by atoms with Gasteiger partial charge in [0.1, 0.15) is 17.7 Å². The number of nitrogens with zero attached hydrogens (tertiary/aromatic N) is 1. The van der Waals surface area contributed by atoms with Gasteiger partial charge >= 0.3 is 0 Å². The van der Waals surface area contributed by atoms with Crippen molar-refractivity contribution in [2.75, 3.05) is 6.54 Å². The van der Waals surface area contributed by atoms with E-state index in [4.69, 9.17) is 4.74 Å². The SMILES string of the molecule is O=C(NC[C@H]1CCC[C@@H](Oc2ccc(F)cc2)[C@@H]1O)c1ncc[nH]1. The van der Waals surface area contributed by atoms with Gasteiger partial charge in [-0.2, -0.15) is 0 Å². The Morgan fingerprint density at radius 1 is 1.38 bits per heavy atom. The van der Waals surface area contributed by atoms with Gasteiger partial charge < -0.3 is 20.1 Å². The molecule has 1 aromatic heterocycles. The van der Waals surface area contributed by atoms with Gasteiger partial charge in [-0.05, 0) is 43.5 Å². The van der Waals surface area contributed by atoms with Gasteiger partial charge in [-0.1, -0.05) is 0 Å². The Labute approximate surface area is 139 Å². The van der Waals surface area contributed by atoms with Crippen LogP contribution in [0.15, 0.2) is 36.7 Å². The van der Waals surface area contributed by atoms with Crippen molar-refractivity contribution >= 4 is 5.91 Å². The van der Waals surface area contributed by atoms with Crippen molar-refractivity contribution in [3.63, 3.8) is 0 Å². The van der Waals surface area contributed by atoms with Gasteiger partial charge in [-0.3, -0.25) is 4.79 Å². The molecule has 1 amide bonds. The van der Waals surface area contributed by atoms with Gasteiger partial charge in [-0.25, -0.2) is 9.37 Å². The minimum Gasteiger partial charge on any atom is -0.488 e. The number of carbonyl (C=O) groups excluding carboxylic acids is 1. The fraction of sp³-hybridized carbons (Fsp3) is 0.412. The maximum absolute atomic E-state index is 12.9. The smallest absolute Gasteiger partial charge is 0.287 e. The zero-order valence-electron chi connectivity index (χ0n) is 13.1. The van der Waals surface area contributed by atoms with Gasteiger partial charge in [-0.15, -0.1) is 0 Å². The maximum Gasteiger partial charge on any atom is 0.287 e. The number of imidazole rings is 1. The first-order valence-corrected chi connectivity index (χ1v) is 8.01. The zero-order valence-corrected chi connectivity index (χ0v) is 13.1. The molecule has 0 spiro atoms. The lowest BCUT2D eigenvalue weighted by Gasteiger charge is -2.34. The van der Waals surface area contributed by atoms with E-state index < -0.39 is 6.10 Å². The van der Waals surface area contributed by atoms with E-state index >= 15 is 0 Å². The van der Waals surface area contributed by atoms with Crippen molar-refractivity contribution in [1.29, 1.82) is 0 Å². The molecule has 1 fully saturated rings. The lowest BCUT2D eigenvalue weighted by molar-refractivity contribution is -0.0301. The van der Waals surface area contributed by atoms with E-state index in [0.717, 1.165) is 19.3 Å². The van der Waals surface area contributed by atoms with Crippen LogP contribution in [0.25, 0.3) is 0 Å². The molecule has 1 heterocycles. The lowest BCUT2D eigenvalue weighted by Crippen LogP contribution is -2.46. The summed E-state index contributed by atoms with van der Waals surface area (Å²) in [6, 6.07) is 5.74. The monoisotopic (exact) mass is 333 g/mol. The molecule has 24 heavy (non-hydrogen) atoms. The highest BCUT2D eigenvalue weighted by molar-refractivity contribution is 5.90. The number of aliphatic hydroxyl groups is 1. The highest BCUT2D eigenvalue weighted by atomic mass is 19.1. The normalized spacial score (nSPS) is 23.7. The molecule has 3 N–H and O–H groups in total. The molecule has 7 heteroatoms. The third kappa shape index (κ3) is 3.91. The summed E-state index contributed by atoms with van der Waals surface area (Å²) in [5.74, 6) is 0.0575. The number of ether oxygens (including phenoxy) is 1. The highest BCUT2D eigenvalue weighted by Crippen LogP contribution is 2.28. The summed E-state index contributed by atoms with van der Waals surface area (Å²) < 4.78 is 18.7. The zero-order chi connectivity index (χ0) is 16.9. The number of amides is 1. The van der Waals surface area contributed by atoms with Crippen molar-refractivity contribution in [2.45, 2.75) is 31.5 Å². The number of aliphatic hydroxyl groups excluding tert-OH is 1. The van der Waals surface area contributed by atoms with Gasteiger partial charge in [0.15, 0.2) is 5.82 Å². The van der Waals surface area contributed by atoms with Crippen LogP contribution in [0.5, 0.6) is 5.75 Å². The summed E-state index contributed by atoms with van der Waals surface area (Å²) in [5.41, 5.74) is 0. The predicted octanol–water partition coefficient (Wildman–Crippen LogP) is 1.89. The number of nitrogens with one attached hydrogen (secondary N) is 2. The van der Waals surface area contributed by atoms with E-state index in [-0.39, 0.29) is 29.6 Å². The van der Waals surface area contributed by atoms with Gasteiger partial charge in [0, 0.05) is 24.9 Å². The first-order valence-electron chi connectivity index (χ1n) is 8.01. The second kappa shape index (κ2) is 7.44. The number of H-pyrrole nitrogens is 1. The van der Waals surface area contributed by atoms with Crippen LogP contribution in [0.2, 0.25) is 0 Å². The third-order valence-corrected chi connectivity index (χ3v) is 4.27. The molecule has 0 radical (unpaired) electrons. The largest absolute Gasteiger partial charge is 0.488 e. The Morgan fingerprint density at radius 2 is 2.17 bits per heavy atom. The first-order chi connectivity index (χ1) is 11.6. The van der Waals surface area contributed by atoms with Crippen LogP contribution >= 0.6 is 0 Å². The average molecular weight is 333 g/mol. The molecule has 1 saturated carbocycles. The average Bonchev–Trinajstić information content (AvgIpc) is 3.12. The van der Waals surface area contributed by atoms with E-state index in [1.165, 1.54) is 18.3 Å². The van der Waals surface area contributed by atoms with Gasteiger partial charge in [0.2, 0.25) is 0 Å². The number of rotatable bonds is 5. The lowest BCUT2D eigenvalue weighted by atomic mass is 9.84. The van der Waals surface area contributed by atoms with Crippen LogP contribution in [-0.2, 0) is 0 Å². The van der Waals surface area contributed by atoms with Crippen molar-refractivity contribution < 1.29 is 19.0 Å². The molecule has 1 aromatic carbocycles. The van der Waals surface area contributed by atoms with E-state index in [9.17, 15) is 14.3 Å². The molecule has 3 rings (SSSR count). The van der Waals surface area contributed by atoms with E-state index in [1.807, 2.05) is 0 Å². The molecular weight excluding hydrogens is 313 g/mol. The van der Waals surface area contributed by atoms with Gasteiger partial charge in [0.25, 0.3) is 5.91 Å². The summed E-state index contributed by atoms with van der Waals surface area (Å²) >= 11 is 0. The summed E-state index contributed by atoms with van der Waals surface area (Å²) in [5, 5.41) is 13.3. The Morgan fingerprint density at radius 3 is 2.88 bits per heavy atom.